The number of carbonyl (C=O) groups is 1. The predicted molar refractivity (Wildman–Crippen MR) is 67.8 cm³/mol. The van der Waals surface area contributed by atoms with Gasteiger partial charge in [-0.25, -0.2) is 0 Å². The van der Waals surface area contributed by atoms with Crippen molar-refractivity contribution in [3.05, 3.63) is 0 Å². The lowest BCUT2D eigenvalue weighted by molar-refractivity contribution is -0.125. The van der Waals surface area contributed by atoms with Gasteiger partial charge in [-0.15, -0.1) is 0 Å². The zero-order valence-electron chi connectivity index (χ0n) is 10.9. The molecule has 1 saturated heterocycles. The highest BCUT2D eigenvalue weighted by Crippen LogP contribution is 2.25. The van der Waals surface area contributed by atoms with Gasteiger partial charge in [0.1, 0.15) is 5.78 Å². The molecule has 2 aliphatic rings. The molecule has 0 spiro atoms. The van der Waals surface area contributed by atoms with Gasteiger partial charge in [-0.05, 0) is 25.2 Å². The van der Waals surface area contributed by atoms with Crippen LogP contribution in [0, 0.1) is 11.8 Å². The molecular weight excluding hydrogens is 214 g/mol. The van der Waals surface area contributed by atoms with Gasteiger partial charge in [0.25, 0.3) is 0 Å². The first-order valence-electron chi connectivity index (χ1n) is 7.10. The van der Waals surface area contributed by atoms with Gasteiger partial charge >= 0.3 is 0 Å². The average Bonchev–Trinajstić information content (AvgIpc) is 2.35. The lowest BCUT2D eigenvalue weighted by atomic mass is 9.85. The Kier molecular flexibility index (Phi) is 4.57. The van der Waals surface area contributed by atoms with Gasteiger partial charge in [-0.2, -0.15) is 0 Å². The molecular formula is C14H25NO2. The fraction of sp³-hybridized carbons (Fsp3) is 0.929. The lowest BCUT2D eigenvalue weighted by Gasteiger charge is -2.34. The summed E-state index contributed by atoms with van der Waals surface area (Å²) in [7, 11) is 0. The molecule has 2 atom stereocenters. The Bertz CT molecular complexity index is 261. The van der Waals surface area contributed by atoms with E-state index in [0.717, 1.165) is 32.4 Å². The van der Waals surface area contributed by atoms with E-state index in [1.165, 1.54) is 19.3 Å². The largest absolute Gasteiger partial charge is 0.393 e. The van der Waals surface area contributed by atoms with Crippen molar-refractivity contribution >= 4 is 5.78 Å². The monoisotopic (exact) mass is 239 g/mol. The number of nitrogens with zero attached hydrogens (tertiary/aromatic N) is 1. The number of aliphatic hydroxyl groups excluding tert-OH is 1. The van der Waals surface area contributed by atoms with Crippen LogP contribution < -0.4 is 0 Å². The number of rotatable bonds is 3. The van der Waals surface area contributed by atoms with Crippen molar-refractivity contribution in [2.45, 2.75) is 51.6 Å². The number of carbonyl (C=O) groups excluding carboxylic acids is 1. The molecule has 0 radical (unpaired) electrons. The molecule has 2 fully saturated rings. The van der Waals surface area contributed by atoms with Crippen LogP contribution >= 0.6 is 0 Å². The smallest absolute Gasteiger partial charge is 0.149 e. The van der Waals surface area contributed by atoms with E-state index in [1.54, 1.807) is 0 Å². The van der Waals surface area contributed by atoms with Gasteiger partial charge in [0.2, 0.25) is 0 Å². The molecule has 2 unspecified atom stereocenters. The van der Waals surface area contributed by atoms with Crippen LogP contribution in [0.5, 0.6) is 0 Å². The van der Waals surface area contributed by atoms with Crippen LogP contribution in [0.25, 0.3) is 0 Å². The topological polar surface area (TPSA) is 40.5 Å². The van der Waals surface area contributed by atoms with E-state index in [2.05, 4.69) is 11.8 Å². The van der Waals surface area contributed by atoms with Crippen molar-refractivity contribution in [1.29, 1.82) is 0 Å². The molecule has 0 aromatic rings. The van der Waals surface area contributed by atoms with Crippen LogP contribution in [-0.4, -0.2) is 41.5 Å². The normalized spacial score (nSPS) is 32.6. The van der Waals surface area contributed by atoms with Crippen LogP contribution in [0.3, 0.4) is 0 Å². The predicted octanol–water partition coefficient (Wildman–Crippen LogP) is 1.84. The van der Waals surface area contributed by atoms with Gasteiger partial charge in [0, 0.05) is 19.0 Å². The Morgan fingerprint density at radius 3 is 2.59 bits per heavy atom. The molecule has 1 aliphatic carbocycles. The van der Waals surface area contributed by atoms with E-state index < -0.39 is 0 Å². The first-order chi connectivity index (χ1) is 8.16. The van der Waals surface area contributed by atoms with E-state index in [1.807, 2.05) is 0 Å². The molecule has 98 valence electrons. The number of piperidine rings is 1. The van der Waals surface area contributed by atoms with Crippen molar-refractivity contribution in [3.63, 3.8) is 0 Å². The molecule has 3 heteroatoms. The third-order valence-corrected chi connectivity index (χ3v) is 4.38. The number of hydrogen-bond donors (Lipinski definition) is 1. The first-order valence-corrected chi connectivity index (χ1v) is 7.10. The van der Waals surface area contributed by atoms with E-state index >= 15 is 0 Å². The quantitative estimate of drug-likeness (QED) is 0.817. The van der Waals surface area contributed by atoms with E-state index in [-0.39, 0.29) is 6.10 Å². The maximum Gasteiger partial charge on any atom is 0.149 e. The summed E-state index contributed by atoms with van der Waals surface area (Å²) in [6.07, 6.45) is 6.61. The summed E-state index contributed by atoms with van der Waals surface area (Å²) in [6, 6.07) is 0. The standard InChI is InChI=1S/C14H25NO2/c1-11-9-15(8-7-13(11)16)10-14(17)12-5-3-2-4-6-12/h11-13,16H,2-10H2,1H3. The Morgan fingerprint density at radius 1 is 1.24 bits per heavy atom. The number of hydrogen-bond acceptors (Lipinski definition) is 3. The molecule has 1 heterocycles. The highest BCUT2D eigenvalue weighted by atomic mass is 16.3. The SMILES string of the molecule is CC1CN(CC(=O)C2CCCCC2)CCC1O. The molecule has 17 heavy (non-hydrogen) atoms. The Morgan fingerprint density at radius 2 is 1.94 bits per heavy atom. The van der Waals surface area contributed by atoms with E-state index in [9.17, 15) is 9.90 Å². The maximum absolute atomic E-state index is 12.2. The Hall–Kier alpha value is -0.410. The third-order valence-electron chi connectivity index (χ3n) is 4.38. The average molecular weight is 239 g/mol. The molecule has 0 bridgehead atoms. The molecule has 0 amide bonds. The Balaban J connectivity index is 1.78. The summed E-state index contributed by atoms with van der Waals surface area (Å²) in [5.41, 5.74) is 0. The van der Waals surface area contributed by atoms with Gasteiger partial charge in [0.05, 0.1) is 12.6 Å². The molecule has 0 aromatic carbocycles. The van der Waals surface area contributed by atoms with Gasteiger partial charge in [-0.3, -0.25) is 9.69 Å². The van der Waals surface area contributed by atoms with Crippen LogP contribution in [0.15, 0.2) is 0 Å². The van der Waals surface area contributed by atoms with Crippen molar-refractivity contribution in [2.24, 2.45) is 11.8 Å². The minimum atomic E-state index is -0.170. The van der Waals surface area contributed by atoms with Crippen molar-refractivity contribution < 1.29 is 9.90 Å². The minimum absolute atomic E-state index is 0.170. The minimum Gasteiger partial charge on any atom is -0.393 e. The summed E-state index contributed by atoms with van der Waals surface area (Å²) in [5, 5.41) is 9.67. The zero-order valence-corrected chi connectivity index (χ0v) is 10.9. The number of likely N-dealkylation sites (tertiary alicyclic amines) is 1. The van der Waals surface area contributed by atoms with Gasteiger partial charge < -0.3 is 5.11 Å². The summed E-state index contributed by atoms with van der Waals surface area (Å²) < 4.78 is 0. The molecule has 3 nitrogen and oxygen atoms in total. The molecule has 2 rings (SSSR count). The summed E-state index contributed by atoms with van der Waals surface area (Å²) in [5.74, 6) is 1.07. The zero-order chi connectivity index (χ0) is 12.3. The van der Waals surface area contributed by atoms with Crippen LogP contribution in [0.2, 0.25) is 0 Å². The summed E-state index contributed by atoms with van der Waals surface area (Å²) in [6.45, 7) is 4.44. The molecule has 1 saturated carbocycles. The van der Waals surface area contributed by atoms with Gasteiger partial charge in [-0.1, -0.05) is 26.2 Å². The van der Waals surface area contributed by atoms with E-state index in [4.69, 9.17) is 0 Å². The number of aliphatic hydroxyl groups is 1. The summed E-state index contributed by atoms with van der Waals surface area (Å²) >= 11 is 0. The second-order valence-electron chi connectivity index (χ2n) is 5.87. The second kappa shape index (κ2) is 5.96. The first kappa shape index (κ1) is 13.0. The van der Waals surface area contributed by atoms with Crippen LogP contribution in [0.4, 0.5) is 0 Å². The number of ketones is 1. The van der Waals surface area contributed by atoms with E-state index in [0.29, 0.717) is 24.2 Å². The number of Topliss-reactive ketones (excluding diaryl/α,β-unsaturated/α-hetero) is 1. The fourth-order valence-electron chi connectivity index (χ4n) is 3.14. The molecule has 0 aromatic heterocycles. The van der Waals surface area contributed by atoms with Crippen LogP contribution in [0.1, 0.15) is 45.4 Å². The van der Waals surface area contributed by atoms with Crippen molar-refractivity contribution in [2.75, 3.05) is 19.6 Å². The van der Waals surface area contributed by atoms with Crippen molar-refractivity contribution in [1.82, 2.24) is 4.90 Å². The van der Waals surface area contributed by atoms with Crippen LogP contribution in [-0.2, 0) is 4.79 Å². The Labute approximate surface area is 104 Å². The lowest BCUT2D eigenvalue weighted by Crippen LogP contribution is -2.45. The molecule has 1 N–H and O–H groups in total. The second-order valence-corrected chi connectivity index (χ2v) is 5.87. The fourth-order valence-corrected chi connectivity index (χ4v) is 3.14. The highest BCUT2D eigenvalue weighted by Gasteiger charge is 2.28. The summed E-state index contributed by atoms with van der Waals surface area (Å²) in [4.78, 5) is 14.4. The highest BCUT2D eigenvalue weighted by molar-refractivity contribution is 5.83. The third kappa shape index (κ3) is 3.52. The van der Waals surface area contributed by atoms with Crippen molar-refractivity contribution in [3.8, 4) is 0 Å². The van der Waals surface area contributed by atoms with Gasteiger partial charge in [0.15, 0.2) is 0 Å². The molecule has 1 aliphatic heterocycles. The maximum atomic E-state index is 12.2.